The van der Waals surface area contributed by atoms with E-state index in [4.69, 9.17) is 11.6 Å². The number of nitrogens with zero attached hydrogens (tertiary/aromatic N) is 2. The highest BCUT2D eigenvalue weighted by Gasteiger charge is 2.14. The number of benzene rings is 1. The number of hydrogen-bond acceptors (Lipinski definition) is 3. The molecule has 2 aromatic rings. The number of ether oxygens (including phenoxy) is 1. The number of carbonyl (C=O) groups excluding carboxylic acids is 1. The number of halogens is 3. The standard InChI is InChI=1S/C13H13BrClFN2O2/c1-20-13(19)3-5-18-11-6-8(14)9(16)7-10(11)17-12(18)2-4-15/h6-7H,2-5H2,1H3. The fourth-order valence-electron chi connectivity index (χ4n) is 2.00. The lowest BCUT2D eigenvalue weighted by Crippen LogP contribution is -2.10. The maximum atomic E-state index is 13.5. The molecule has 0 aliphatic rings. The van der Waals surface area contributed by atoms with Gasteiger partial charge >= 0.3 is 5.97 Å². The molecule has 108 valence electrons. The topological polar surface area (TPSA) is 44.1 Å². The van der Waals surface area contributed by atoms with Gasteiger partial charge in [-0.1, -0.05) is 0 Å². The van der Waals surface area contributed by atoms with Crippen LogP contribution in [0.5, 0.6) is 0 Å². The molecule has 7 heteroatoms. The van der Waals surface area contributed by atoms with E-state index >= 15 is 0 Å². The minimum Gasteiger partial charge on any atom is -0.469 e. The lowest BCUT2D eigenvalue weighted by atomic mass is 10.3. The van der Waals surface area contributed by atoms with Crippen molar-refractivity contribution in [2.75, 3.05) is 13.0 Å². The molecule has 0 atom stereocenters. The van der Waals surface area contributed by atoms with Gasteiger partial charge in [-0.05, 0) is 22.0 Å². The molecule has 1 aromatic carbocycles. The van der Waals surface area contributed by atoms with Crippen LogP contribution in [0.3, 0.4) is 0 Å². The van der Waals surface area contributed by atoms with E-state index < -0.39 is 0 Å². The highest BCUT2D eigenvalue weighted by atomic mass is 79.9. The van der Waals surface area contributed by atoms with E-state index in [2.05, 4.69) is 25.7 Å². The van der Waals surface area contributed by atoms with Crippen molar-refractivity contribution < 1.29 is 13.9 Å². The second-order valence-corrected chi connectivity index (χ2v) is 5.43. The van der Waals surface area contributed by atoms with Crippen LogP contribution in [0.2, 0.25) is 0 Å². The van der Waals surface area contributed by atoms with E-state index in [1.54, 1.807) is 6.07 Å². The van der Waals surface area contributed by atoms with Crippen LogP contribution in [0, 0.1) is 5.82 Å². The molecular weight excluding hydrogens is 351 g/mol. The number of methoxy groups -OCH3 is 1. The van der Waals surface area contributed by atoms with Crippen molar-refractivity contribution in [2.24, 2.45) is 0 Å². The van der Waals surface area contributed by atoms with E-state index in [-0.39, 0.29) is 18.2 Å². The van der Waals surface area contributed by atoms with E-state index in [9.17, 15) is 9.18 Å². The summed E-state index contributed by atoms with van der Waals surface area (Å²) in [4.78, 5) is 15.7. The van der Waals surface area contributed by atoms with Crippen LogP contribution in [0.25, 0.3) is 11.0 Å². The van der Waals surface area contributed by atoms with Crippen molar-refractivity contribution in [2.45, 2.75) is 19.4 Å². The largest absolute Gasteiger partial charge is 0.469 e. The average Bonchev–Trinajstić information content (AvgIpc) is 2.74. The number of fused-ring (bicyclic) bond motifs is 1. The molecule has 1 heterocycles. The van der Waals surface area contributed by atoms with Crippen LogP contribution in [-0.2, 0) is 22.5 Å². The molecule has 0 aliphatic carbocycles. The highest BCUT2D eigenvalue weighted by Crippen LogP contribution is 2.25. The Morgan fingerprint density at radius 2 is 2.30 bits per heavy atom. The smallest absolute Gasteiger partial charge is 0.307 e. The molecule has 0 N–H and O–H groups in total. The predicted molar refractivity (Wildman–Crippen MR) is 78.4 cm³/mol. The third-order valence-electron chi connectivity index (χ3n) is 2.95. The minimum absolute atomic E-state index is 0.228. The predicted octanol–water partition coefficient (Wildman–Crippen LogP) is 3.28. The molecule has 2 rings (SSSR count). The first-order valence-electron chi connectivity index (χ1n) is 6.03. The Labute approximate surface area is 129 Å². The summed E-state index contributed by atoms with van der Waals surface area (Å²) < 4.78 is 20.4. The highest BCUT2D eigenvalue weighted by molar-refractivity contribution is 9.10. The van der Waals surface area contributed by atoms with Crippen molar-refractivity contribution >= 4 is 44.5 Å². The molecule has 0 radical (unpaired) electrons. The number of aromatic nitrogens is 2. The molecule has 4 nitrogen and oxygen atoms in total. The summed E-state index contributed by atoms with van der Waals surface area (Å²) in [5, 5.41) is 0. The van der Waals surface area contributed by atoms with Gasteiger partial charge in [0.1, 0.15) is 11.6 Å². The number of carbonyl (C=O) groups is 1. The Morgan fingerprint density at radius 3 is 2.95 bits per heavy atom. The second-order valence-electron chi connectivity index (χ2n) is 4.20. The van der Waals surface area contributed by atoms with Crippen LogP contribution >= 0.6 is 27.5 Å². The molecule has 1 aromatic heterocycles. The second kappa shape index (κ2) is 6.54. The maximum absolute atomic E-state index is 13.5. The molecular formula is C13H13BrClFN2O2. The van der Waals surface area contributed by atoms with Gasteiger partial charge in [0.15, 0.2) is 0 Å². The third-order valence-corrected chi connectivity index (χ3v) is 3.75. The van der Waals surface area contributed by atoms with E-state index in [1.807, 2.05) is 4.57 Å². The summed E-state index contributed by atoms with van der Waals surface area (Å²) >= 11 is 8.92. The molecule has 0 bridgehead atoms. The molecule has 0 unspecified atom stereocenters. The summed E-state index contributed by atoms with van der Waals surface area (Å²) in [7, 11) is 1.35. The van der Waals surface area contributed by atoms with Gasteiger partial charge in [0.2, 0.25) is 0 Å². The summed E-state index contributed by atoms with van der Waals surface area (Å²) in [6.45, 7) is 0.424. The molecule has 0 fully saturated rings. The van der Waals surface area contributed by atoms with Crippen LogP contribution in [0.1, 0.15) is 12.2 Å². The summed E-state index contributed by atoms with van der Waals surface area (Å²) in [6, 6.07) is 3.03. The van der Waals surface area contributed by atoms with Crippen molar-refractivity contribution in [3.05, 3.63) is 28.2 Å². The van der Waals surface area contributed by atoms with Crippen LogP contribution < -0.4 is 0 Å². The zero-order valence-electron chi connectivity index (χ0n) is 10.8. The first-order valence-corrected chi connectivity index (χ1v) is 7.36. The lowest BCUT2D eigenvalue weighted by molar-refractivity contribution is -0.140. The van der Waals surface area contributed by atoms with Crippen molar-refractivity contribution in [1.29, 1.82) is 0 Å². The fourth-order valence-corrected chi connectivity index (χ4v) is 2.50. The van der Waals surface area contributed by atoms with Crippen molar-refractivity contribution in [3.8, 4) is 0 Å². The zero-order valence-corrected chi connectivity index (χ0v) is 13.2. The average molecular weight is 364 g/mol. The number of rotatable bonds is 5. The van der Waals surface area contributed by atoms with Gasteiger partial charge in [-0.3, -0.25) is 4.79 Å². The zero-order chi connectivity index (χ0) is 14.7. The number of imidazole rings is 1. The first kappa shape index (κ1) is 15.3. The summed E-state index contributed by atoms with van der Waals surface area (Å²) in [6.07, 6.45) is 0.781. The number of esters is 1. The normalized spacial score (nSPS) is 11.0. The van der Waals surface area contributed by atoms with Gasteiger partial charge in [-0.25, -0.2) is 9.37 Å². The Bertz CT molecular complexity index is 645. The van der Waals surface area contributed by atoms with Crippen LogP contribution in [0.15, 0.2) is 16.6 Å². The molecule has 0 saturated carbocycles. The van der Waals surface area contributed by atoms with Gasteiger partial charge in [-0.15, -0.1) is 11.6 Å². The molecule has 0 aliphatic heterocycles. The van der Waals surface area contributed by atoms with Gasteiger partial charge in [0, 0.05) is 24.9 Å². The monoisotopic (exact) mass is 362 g/mol. The number of alkyl halides is 1. The van der Waals surface area contributed by atoms with Gasteiger partial charge < -0.3 is 9.30 Å². The lowest BCUT2D eigenvalue weighted by Gasteiger charge is -2.08. The molecule has 0 spiro atoms. The summed E-state index contributed by atoms with van der Waals surface area (Å²) in [5.74, 6) is 0.472. The quantitative estimate of drug-likeness (QED) is 0.605. The Kier molecular flexibility index (Phi) is 4.99. The fraction of sp³-hybridized carbons (Fsp3) is 0.385. The summed E-state index contributed by atoms with van der Waals surface area (Å²) in [5.41, 5.74) is 1.32. The Morgan fingerprint density at radius 1 is 1.55 bits per heavy atom. The van der Waals surface area contributed by atoms with E-state index in [1.165, 1.54) is 13.2 Å². The van der Waals surface area contributed by atoms with Gasteiger partial charge in [0.25, 0.3) is 0 Å². The number of hydrogen-bond donors (Lipinski definition) is 0. The maximum Gasteiger partial charge on any atom is 0.307 e. The first-order chi connectivity index (χ1) is 9.56. The van der Waals surface area contributed by atoms with Crippen LogP contribution in [0.4, 0.5) is 4.39 Å². The van der Waals surface area contributed by atoms with Crippen LogP contribution in [-0.4, -0.2) is 28.5 Å². The molecule has 0 amide bonds. The minimum atomic E-state index is -0.368. The van der Waals surface area contributed by atoms with Gasteiger partial charge in [0.05, 0.1) is 29.0 Å². The molecule has 0 saturated heterocycles. The van der Waals surface area contributed by atoms with E-state index in [0.29, 0.717) is 28.8 Å². The third kappa shape index (κ3) is 3.12. The van der Waals surface area contributed by atoms with Crippen molar-refractivity contribution in [3.63, 3.8) is 0 Å². The number of aryl methyl sites for hydroxylation is 2. The molecule has 20 heavy (non-hydrogen) atoms. The van der Waals surface area contributed by atoms with Crippen molar-refractivity contribution in [1.82, 2.24) is 9.55 Å². The SMILES string of the molecule is COC(=O)CCn1c(CCCl)nc2cc(F)c(Br)cc21. The van der Waals surface area contributed by atoms with Gasteiger partial charge in [-0.2, -0.15) is 0 Å². The van der Waals surface area contributed by atoms with E-state index in [0.717, 1.165) is 11.3 Å². The Hall–Kier alpha value is -1.14. The Balaban J connectivity index is 2.44.